The van der Waals surface area contributed by atoms with Gasteiger partial charge in [-0.05, 0) is 32.6 Å². The Morgan fingerprint density at radius 2 is 2.00 bits per heavy atom. The number of amides is 1. The fourth-order valence-electron chi connectivity index (χ4n) is 1.63. The van der Waals surface area contributed by atoms with Gasteiger partial charge in [0.1, 0.15) is 4.90 Å². The molecule has 0 aliphatic carbocycles. The summed E-state index contributed by atoms with van der Waals surface area (Å²) in [5, 5.41) is 10.8. The minimum atomic E-state index is -4.43. The highest BCUT2D eigenvalue weighted by molar-refractivity contribution is 7.87. The molecule has 1 rings (SSSR count). The fourth-order valence-corrected chi connectivity index (χ4v) is 2.69. The van der Waals surface area contributed by atoms with E-state index in [1.54, 1.807) is 25.9 Å². The Bertz CT molecular complexity index is 671. The first-order chi connectivity index (χ1) is 9.56. The predicted molar refractivity (Wildman–Crippen MR) is 73.1 cm³/mol. The summed E-state index contributed by atoms with van der Waals surface area (Å²) in [6, 6.07) is 2.70. The number of nitro benzene ring substituents is 1. The van der Waals surface area contributed by atoms with E-state index in [4.69, 9.17) is 5.73 Å². The lowest BCUT2D eigenvalue weighted by Gasteiger charge is -2.22. The Hall–Kier alpha value is -2.20. The van der Waals surface area contributed by atoms with E-state index >= 15 is 0 Å². The van der Waals surface area contributed by atoms with Crippen LogP contribution in [0.5, 0.6) is 0 Å². The molecule has 0 saturated carbocycles. The van der Waals surface area contributed by atoms with Gasteiger partial charge in [0.2, 0.25) is 0 Å². The first-order valence-corrected chi connectivity index (χ1v) is 7.15. The van der Waals surface area contributed by atoms with Crippen molar-refractivity contribution in [3.8, 4) is 0 Å². The summed E-state index contributed by atoms with van der Waals surface area (Å²) < 4.78 is 28.0. The highest BCUT2D eigenvalue weighted by Crippen LogP contribution is 2.30. The zero-order chi connectivity index (χ0) is 16.4. The van der Waals surface area contributed by atoms with Gasteiger partial charge in [-0.1, -0.05) is 0 Å². The number of carbonyl (C=O) groups is 1. The minimum Gasteiger partial charge on any atom is -0.334 e. The van der Waals surface area contributed by atoms with E-state index in [1.807, 2.05) is 0 Å². The molecular formula is C11H15N3O6S. The number of hydrogen-bond donors (Lipinski definition) is 1. The van der Waals surface area contributed by atoms with Crippen LogP contribution < -0.4 is 5.73 Å². The monoisotopic (exact) mass is 317 g/mol. The van der Waals surface area contributed by atoms with Crippen LogP contribution in [0.4, 0.5) is 10.5 Å². The number of nitrogens with two attached hydrogens (primary N) is 1. The quantitative estimate of drug-likeness (QED) is 0.486. The summed E-state index contributed by atoms with van der Waals surface area (Å²) in [5.74, 6) is 0. The summed E-state index contributed by atoms with van der Waals surface area (Å²) in [6.07, 6.45) is -1.48. The lowest BCUT2D eigenvalue weighted by Crippen LogP contribution is -2.23. The molecule has 9 nitrogen and oxygen atoms in total. The van der Waals surface area contributed by atoms with Crippen molar-refractivity contribution in [3.63, 3.8) is 0 Å². The van der Waals surface area contributed by atoms with Crippen molar-refractivity contribution >= 4 is 21.9 Å². The van der Waals surface area contributed by atoms with Gasteiger partial charge in [-0.15, -0.1) is 0 Å². The van der Waals surface area contributed by atoms with Crippen LogP contribution >= 0.6 is 0 Å². The van der Waals surface area contributed by atoms with E-state index in [0.717, 1.165) is 18.2 Å². The van der Waals surface area contributed by atoms with Crippen molar-refractivity contribution in [3.05, 3.63) is 33.9 Å². The Labute approximate surface area is 121 Å². The SMILES string of the molecule is CC(c1cc([N+](=O)[O-])ccc1S(=O)(=O)OC(N)=O)N(C)C. The molecule has 0 aliphatic heterocycles. The summed E-state index contributed by atoms with van der Waals surface area (Å²) in [5.41, 5.74) is 4.59. The van der Waals surface area contributed by atoms with Crippen LogP contribution in [0.3, 0.4) is 0 Å². The molecule has 1 aromatic rings. The van der Waals surface area contributed by atoms with Gasteiger partial charge in [-0.25, -0.2) is 4.79 Å². The van der Waals surface area contributed by atoms with Gasteiger partial charge >= 0.3 is 16.2 Å². The molecule has 0 aromatic heterocycles. The largest absolute Gasteiger partial charge is 0.420 e. The van der Waals surface area contributed by atoms with Gasteiger partial charge < -0.3 is 14.8 Å². The standard InChI is InChI=1S/C11H15N3O6S/c1-7(13(2)3)9-6-8(14(16)17)4-5-10(9)21(18,19)20-11(12)15/h4-7H,1-3H3,(H2,12,15). The lowest BCUT2D eigenvalue weighted by atomic mass is 10.1. The summed E-state index contributed by atoms with van der Waals surface area (Å²) in [4.78, 5) is 22.2. The van der Waals surface area contributed by atoms with E-state index in [0.29, 0.717) is 0 Å². The number of benzene rings is 1. The molecule has 0 saturated heterocycles. The number of carbonyl (C=O) groups excluding carboxylic acids is 1. The molecule has 0 aliphatic rings. The molecule has 2 N–H and O–H groups in total. The number of hydrogen-bond acceptors (Lipinski definition) is 7. The third kappa shape index (κ3) is 3.89. The zero-order valence-electron chi connectivity index (χ0n) is 11.6. The van der Waals surface area contributed by atoms with Crippen molar-refractivity contribution in [1.29, 1.82) is 0 Å². The highest BCUT2D eigenvalue weighted by Gasteiger charge is 2.27. The van der Waals surface area contributed by atoms with Crippen LogP contribution in [-0.4, -0.2) is 38.4 Å². The van der Waals surface area contributed by atoms with E-state index in [9.17, 15) is 23.3 Å². The number of primary amides is 1. The average Bonchev–Trinajstić information content (AvgIpc) is 2.35. The Kier molecular flexibility index (Phi) is 4.86. The van der Waals surface area contributed by atoms with Crippen LogP contribution in [0.1, 0.15) is 18.5 Å². The average molecular weight is 317 g/mol. The summed E-state index contributed by atoms with van der Waals surface area (Å²) in [7, 11) is -1.08. The number of rotatable bonds is 5. The molecule has 0 heterocycles. The van der Waals surface area contributed by atoms with Gasteiger partial charge in [0.15, 0.2) is 0 Å². The normalized spacial score (nSPS) is 13.0. The molecule has 0 fully saturated rings. The maximum atomic E-state index is 12.0. The predicted octanol–water partition coefficient (Wildman–Crippen LogP) is 1.00. The number of non-ortho nitro benzene ring substituents is 1. The summed E-state index contributed by atoms with van der Waals surface area (Å²) >= 11 is 0. The van der Waals surface area contributed by atoms with E-state index in [1.165, 1.54) is 0 Å². The number of nitrogens with zero attached hydrogens (tertiary/aromatic N) is 2. The van der Waals surface area contributed by atoms with Crippen LogP contribution in [0.15, 0.2) is 23.1 Å². The van der Waals surface area contributed by atoms with Crippen molar-refractivity contribution in [2.24, 2.45) is 5.73 Å². The molecule has 0 radical (unpaired) electrons. The van der Waals surface area contributed by atoms with Crippen LogP contribution in [0.25, 0.3) is 0 Å². The van der Waals surface area contributed by atoms with E-state index in [2.05, 4.69) is 4.18 Å². The molecule has 116 valence electrons. The van der Waals surface area contributed by atoms with Crippen LogP contribution in [-0.2, 0) is 14.3 Å². The van der Waals surface area contributed by atoms with Crippen LogP contribution in [0.2, 0.25) is 0 Å². The van der Waals surface area contributed by atoms with E-state index in [-0.39, 0.29) is 16.1 Å². The molecule has 21 heavy (non-hydrogen) atoms. The molecular weight excluding hydrogens is 302 g/mol. The molecule has 0 spiro atoms. The maximum absolute atomic E-state index is 12.0. The van der Waals surface area contributed by atoms with Gasteiger partial charge in [0, 0.05) is 18.2 Å². The van der Waals surface area contributed by atoms with E-state index < -0.39 is 27.2 Å². The maximum Gasteiger partial charge on any atom is 0.420 e. The molecule has 1 atom stereocenters. The van der Waals surface area contributed by atoms with Gasteiger partial charge in [-0.2, -0.15) is 8.42 Å². The smallest absolute Gasteiger partial charge is 0.334 e. The Morgan fingerprint density at radius 1 is 1.43 bits per heavy atom. The molecule has 1 amide bonds. The first kappa shape index (κ1) is 16.9. The highest BCUT2D eigenvalue weighted by atomic mass is 32.2. The lowest BCUT2D eigenvalue weighted by molar-refractivity contribution is -0.385. The van der Waals surface area contributed by atoms with Gasteiger partial charge in [0.25, 0.3) is 5.69 Å². The second kappa shape index (κ2) is 6.06. The Balaban J connectivity index is 3.51. The van der Waals surface area contributed by atoms with Crippen molar-refractivity contribution in [1.82, 2.24) is 4.90 Å². The second-order valence-electron chi connectivity index (χ2n) is 4.48. The van der Waals surface area contributed by atoms with Crippen molar-refractivity contribution < 1.29 is 22.3 Å². The molecule has 0 bridgehead atoms. The second-order valence-corrected chi connectivity index (χ2v) is 5.99. The first-order valence-electron chi connectivity index (χ1n) is 5.75. The fraction of sp³-hybridized carbons (Fsp3) is 0.364. The van der Waals surface area contributed by atoms with Gasteiger partial charge in [-0.3, -0.25) is 10.1 Å². The molecule has 10 heteroatoms. The Morgan fingerprint density at radius 3 is 2.43 bits per heavy atom. The van der Waals surface area contributed by atoms with Crippen molar-refractivity contribution in [2.75, 3.05) is 14.1 Å². The third-order valence-corrected chi connectivity index (χ3v) is 4.18. The van der Waals surface area contributed by atoms with Crippen molar-refractivity contribution in [2.45, 2.75) is 17.9 Å². The third-order valence-electron chi connectivity index (χ3n) is 2.89. The number of nitro groups is 1. The zero-order valence-corrected chi connectivity index (χ0v) is 12.5. The molecule has 1 unspecified atom stereocenters. The van der Waals surface area contributed by atoms with Crippen LogP contribution in [0, 0.1) is 10.1 Å². The summed E-state index contributed by atoms with van der Waals surface area (Å²) in [6.45, 7) is 1.66. The topological polar surface area (TPSA) is 133 Å². The molecule has 1 aromatic carbocycles. The minimum absolute atomic E-state index is 0.135. The van der Waals surface area contributed by atoms with Gasteiger partial charge in [0.05, 0.1) is 4.92 Å².